The van der Waals surface area contributed by atoms with Crippen LogP contribution in [0.3, 0.4) is 0 Å². The van der Waals surface area contributed by atoms with Crippen molar-refractivity contribution in [2.24, 2.45) is 0 Å². The van der Waals surface area contributed by atoms with Gasteiger partial charge >= 0.3 is 17.9 Å². The molecule has 0 bridgehead atoms. The van der Waals surface area contributed by atoms with Gasteiger partial charge in [-0.2, -0.15) is 0 Å². The molecule has 2 aromatic rings. The van der Waals surface area contributed by atoms with E-state index < -0.39 is 17.9 Å². The van der Waals surface area contributed by atoms with Crippen LogP contribution < -0.4 is 0 Å². The first-order valence-electron chi connectivity index (χ1n) is 5.84. The number of carboxylic acid groups (broad SMARTS) is 3. The van der Waals surface area contributed by atoms with E-state index in [1.54, 1.807) is 6.07 Å². The highest BCUT2D eigenvalue weighted by Gasteiger charge is 2.16. The Kier molecular flexibility index (Phi) is 3.71. The number of carboxylic acids is 3. The van der Waals surface area contributed by atoms with Crippen LogP contribution in [0.15, 0.2) is 42.5 Å². The molecule has 0 spiro atoms. The van der Waals surface area contributed by atoms with Gasteiger partial charge in [0.2, 0.25) is 0 Å². The molecule has 0 saturated carbocycles. The lowest BCUT2D eigenvalue weighted by Crippen LogP contribution is -2.04. The van der Waals surface area contributed by atoms with E-state index in [9.17, 15) is 19.5 Å². The van der Waals surface area contributed by atoms with E-state index in [2.05, 4.69) is 0 Å². The van der Waals surface area contributed by atoms with Crippen molar-refractivity contribution in [3.8, 4) is 11.1 Å². The molecule has 0 aliphatic heterocycles. The summed E-state index contributed by atoms with van der Waals surface area (Å²) in [5.41, 5.74) is 0.328. The summed E-state index contributed by atoms with van der Waals surface area (Å²) in [4.78, 5) is 33.1. The van der Waals surface area contributed by atoms with E-state index in [-0.39, 0.29) is 22.3 Å². The maximum atomic E-state index is 11.3. The van der Waals surface area contributed by atoms with Crippen molar-refractivity contribution in [3.05, 3.63) is 59.2 Å². The topological polar surface area (TPSA) is 112 Å². The van der Waals surface area contributed by atoms with E-state index in [1.807, 2.05) is 0 Å². The second-order valence-corrected chi connectivity index (χ2v) is 4.26. The van der Waals surface area contributed by atoms with Crippen molar-refractivity contribution in [1.29, 1.82) is 0 Å². The van der Waals surface area contributed by atoms with Crippen molar-refractivity contribution < 1.29 is 29.7 Å². The lowest BCUT2D eigenvalue weighted by Gasteiger charge is -2.08. The molecule has 0 heterocycles. The zero-order chi connectivity index (χ0) is 15.6. The predicted octanol–water partition coefficient (Wildman–Crippen LogP) is 2.45. The van der Waals surface area contributed by atoms with E-state index in [0.717, 1.165) is 6.07 Å². The molecule has 0 fully saturated rings. The maximum absolute atomic E-state index is 11.3. The molecule has 3 N–H and O–H groups in total. The van der Waals surface area contributed by atoms with E-state index >= 15 is 0 Å². The summed E-state index contributed by atoms with van der Waals surface area (Å²) in [6, 6.07) is 9.46. The van der Waals surface area contributed by atoms with Gasteiger partial charge in [0.1, 0.15) is 0 Å². The normalized spacial score (nSPS) is 10.1. The first-order valence-corrected chi connectivity index (χ1v) is 5.84. The average Bonchev–Trinajstić information content (AvgIpc) is 2.46. The quantitative estimate of drug-likeness (QED) is 0.795. The first kappa shape index (κ1) is 14.3. The minimum absolute atomic E-state index is 0.0196. The molecule has 0 amide bonds. The Balaban J connectivity index is 2.63. The monoisotopic (exact) mass is 286 g/mol. The van der Waals surface area contributed by atoms with Crippen molar-refractivity contribution in [1.82, 2.24) is 0 Å². The van der Waals surface area contributed by atoms with Crippen LogP contribution in [0.1, 0.15) is 31.1 Å². The summed E-state index contributed by atoms with van der Waals surface area (Å²) in [5, 5.41) is 27.1. The number of hydrogen-bond acceptors (Lipinski definition) is 3. The van der Waals surface area contributed by atoms with Crippen molar-refractivity contribution in [2.75, 3.05) is 0 Å². The molecule has 0 aliphatic carbocycles. The standard InChI is InChI=1S/C15H10O6/c16-13(17)9-3-1-2-8(6-9)11-5-4-10(14(18)19)7-12(11)15(20)21/h1-7H,(H,16,17)(H,18,19)(H,20,21). The largest absolute Gasteiger partial charge is 0.478 e. The highest BCUT2D eigenvalue weighted by atomic mass is 16.4. The Hall–Kier alpha value is -3.15. The summed E-state index contributed by atoms with van der Waals surface area (Å²) < 4.78 is 0. The van der Waals surface area contributed by atoms with Crippen LogP contribution in [0.2, 0.25) is 0 Å². The van der Waals surface area contributed by atoms with Crippen LogP contribution in [-0.4, -0.2) is 33.2 Å². The van der Waals surface area contributed by atoms with Gasteiger partial charge in [-0.1, -0.05) is 18.2 Å². The Morgan fingerprint density at radius 3 is 1.90 bits per heavy atom. The van der Waals surface area contributed by atoms with Gasteiger partial charge in [0.25, 0.3) is 0 Å². The number of hydrogen-bond donors (Lipinski definition) is 3. The Morgan fingerprint density at radius 2 is 1.33 bits per heavy atom. The molecule has 2 rings (SSSR count). The van der Waals surface area contributed by atoms with Crippen LogP contribution >= 0.6 is 0 Å². The lowest BCUT2D eigenvalue weighted by atomic mass is 9.96. The van der Waals surface area contributed by atoms with Gasteiger partial charge in [-0.3, -0.25) is 0 Å². The van der Waals surface area contributed by atoms with Crippen LogP contribution in [0.25, 0.3) is 11.1 Å². The van der Waals surface area contributed by atoms with Crippen molar-refractivity contribution >= 4 is 17.9 Å². The summed E-state index contributed by atoms with van der Waals surface area (Å²) in [7, 11) is 0. The third-order valence-corrected chi connectivity index (χ3v) is 2.92. The minimum Gasteiger partial charge on any atom is -0.478 e. The molecule has 0 unspecified atom stereocenters. The summed E-state index contributed by atoms with van der Waals surface area (Å²) in [6.07, 6.45) is 0. The van der Waals surface area contributed by atoms with Crippen LogP contribution in [0.5, 0.6) is 0 Å². The summed E-state index contributed by atoms with van der Waals surface area (Å²) in [5.74, 6) is -3.65. The molecule has 0 saturated heterocycles. The van der Waals surface area contributed by atoms with E-state index in [0.29, 0.717) is 5.56 Å². The van der Waals surface area contributed by atoms with Gasteiger partial charge in [0, 0.05) is 0 Å². The molecule has 6 nitrogen and oxygen atoms in total. The zero-order valence-corrected chi connectivity index (χ0v) is 10.6. The highest BCUT2D eigenvalue weighted by Crippen LogP contribution is 2.26. The van der Waals surface area contributed by atoms with Crippen molar-refractivity contribution in [2.45, 2.75) is 0 Å². The van der Waals surface area contributed by atoms with Crippen LogP contribution in [0, 0.1) is 0 Å². The molecule has 0 radical (unpaired) electrons. The van der Waals surface area contributed by atoms with Gasteiger partial charge in [-0.05, 0) is 35.4 Å². The molecule has 2 aromatic carbocycles. The lowest BCUT2D eigenvalue weighted by molar-refractivity contribution is 0.0683. The van der Waals surface area contributed by atoms with Crippen molar-refractivity contribution in [3.63, 3.8) is 0 Å². The van der Waals surface area contributed by atoms with E-state index in [4.69, 9.17) is 10.2 Å². The Bertz CT molecular complexity index is 748. The molecule has 0 aromatic heterocycles. The van der Waals surface area contributed by atoms with Gasteiger partial charge in [0.15, 0.2) is 0 Å². The molecular formula is C15H10O6. The van der Waals surface area contributed by atoms with Crippen LogP contribution in [0.4, 0.5) is 0 Å². The second kappa shape index (κ2) is 5.46. The third-order valence-electron chi connectivity index (χ3n) is 2.92. The fraction of sp³-hybridized carbons (Fsp3) is 0. The average molecular weight is 286 g/mol. The molecule has 0 aliphatic rings. The Labute approximate surface area is 118 Å². The second-order valence-electron chi connectivity index (χ2n) is 4.26. The predicted molar refractivity (Wildman–Crippen MR) is 72.8 cm³/mol. The Morgan fingerprint density at radius 1 is 0.714 bits per heavy atom. The summed E-state index contributed by atoms with van der Waals surface area (Å²) >= 11 is 0. The fourth-order valence-electron chi connectivity index (χ4n) is 1.93. The van der Waals surface area contributed by atoms with Gasteiger partial charge < -0.3 is 15.3 Å². The maximum Gasteiger partial charge on any atom is 0.336 e. The van der Waals surface area contributed by atoms with Crippen LogP contribution in [-0.2, 0) is 0 Å². The number of rotatable bonds is 4. The number of benzene rings is 2. The zero-order valence-electron chi connectivity index (χ0n) is 10.6. The van der Waals surface area contributed by atoms with Gasteiger partial charge in [-0.25, -0.2) is 14.4 Å². The molecular weight excluding hydrogens is 276 g/mol. The SMILES string of the molecule is O=C(O)c1cccc(-c2ccc(C(=O)O)cc2C(=O)O)c1. The summed E-state index contributed by atoms with van der Waals surface area (Å²) in [6.45, 7) is 0. The fourth-order valence-corrected chi connectivity index (χ4v) is 1.93. The molecule has 0 atom stereocenters. The molecule has 21 heavy (non-hydrogen) atoms. The highest BCUT2D eigenvalue weighted by molar-refractivity contribution is 6.00. The number of carbonyl (C=O) groups is 3. The smallest absolute Gasteiger partial charge is 0.336 e. The van der Waals surface area contributed by atoms with Gasteiger partial charge in [-0.15, -0.1) is 0 Å². The van der Waals surface area contributed by atoms with Gasteiger partial charge in [0.05, 0.1) is 16.7 Å². The molecule has 106 valence electrons. The first-order chi connectivity index (χ1) is 9.90. The number of aromatic carboxylic acids is 3. The molecule has 6 heteroatoms. The minimum atomic E-state index is -1.28. The van der Waals surface area contributed by atoms with E-state index in [1.165, 1.54) is 30.3 Å². The third kappa shape index (κ3) is 2.89.